The number of esters is 1. The van der Waals surface area contributed by atoms with Gasteiger partial charge in [-0.3, -0.25) is 0 Å². The van der Waals surface area contributed by atoms with Crippen LogP contribution in [-0.4, -0.2) is 39.5 Å². The molecule has 2 rings (SSSR count). The largest absolute Gasteiger partial charge is 0.479 e. The van der Waals surface area contributed by atoms with E-state index in [1.807, 2.05) is 48.5 Å². The molecular formula is C20H25BrO6. The topological polar surface area (TPSA) is 104 Å². The standard InChI is InChI=1S/C10H12O3.C7H7Br.C3H6O3/c1-8(11)10(12)13-7-9-5-3-2-4-6-9;8-6-7-4-2-1-3-5-7;1-2(4)3(5)6/h2-6,8,11H,7H2,1H3;1-5H,6H2;2,4H,1H3,(H,5,6)/t8-;;2-/m0.0/s1. The predicted octanol–water partition coefficient (Wildman–Crippen LogP) is 3.14. The molecule has 27 heavy (non-hydrogen) atoms. The summed E-state index contributed by atoms with van der Waals surface area (Å²) in [5, 5.41) is 25.5. The van der Waals surface area contributed by atoms with Crippen LogP contribution in [0.15, 0.2) is 60.7 Å². The molecule has 0 bridgehead atoms. The summed E-state index contributed by atoms with van der Waals surface area (Å²) in [7, 11) is 0. The zero-order chi connectivity index (χ0) is 20.7. The van der Waals surface area contributed by atoms with Gasteiger partial charge >= 0.3 is 11.9 Å². The Morgan fingerprint density at radius 1 is 0.889 bits per heavy atom. The van der Waals surface area contributed by atoms with Crippen molar-refractivity contribution in [2.75, 3.05) is 0 Å². The second kappa shape index (κ2) is 14.9. The SMILES string of the molecule is BrCc1ccccc1.C[C@H](O)C(=O)O.C[C@H](O)C(=O)OCc1ccccc1. The summed E-state index contributed by atoms with van der Waals surface area (Å²) in [5.41, 5.74) is 2.24. The van der Waals surface area contributed by atoms with Gasteiger partial charge in [0.2, 0.25) is 0 Å². The van der Waals surface area contributed by atoms with Crippen LogP contribution in [-0.2, 0) is 26.3 Å². The van der Waals surface area contributed by atoms with Crippen LogP contribution in [0, 0.1) is 0 Å². The fourth-order valence-electron chi connectivity index (χ4n) is 1.42. The van der Waals surface area contributed by atoms with E-state index < -0.39 is 24.1 Å². The maximum absolute atomic E-state index is 10.8. The molecule has 2 atom stereocenters. The Labute approximate surface area is 167 Å². The molecule has 0 unspecified atom stereocenters. The van der Waals surface area contributed by atoms with Gasteiger partial charge in [0.25, 0.3) is 0 Å². The van der Waals surface area contributed by atoms with Gasteiger partial charge in [-0.15, -0.1) is 0 Å². The molecule has 0 aliphatic carbocycles. The van der Waals surface area contributed by atoms with Crippen LogP contribution in [0.3, 0.4) is 0 Å². The number of carboxylic acids is 1. The Hall–Kier alpha value is -2.22. The summed E-state index contributed by atoms with van der Waals surface area (Å²) in [4.78, 5) is 20.3. The lowest BCUT2D eigenvalue weighted by Gasteiger charge is -2.05. The summed E-state index contributed by atoms with van der Waals surface area (Å²) < 4.78 is 4.80. The van der Waals surface area contributed by atoms with Crippen LogP contribution >= 0.6 is 15.9 Å². The number of hydrogen-bond donors (Lipinski definition) is 3. The van der Waals surface area contributed by atoms with Gasteiger partial charge in [-0.1, -0.05) is 76.6 Å². The van der Waals surface area contributed by atoms with Crippen LogP contribution in [0.5, 0.6) is 0 Å². The molecular weight excluding hydrogens is 416 g/mol. The lowest BCUT2D eigenvalue weighted by Crippen LogP contribution is -2.18. The number of alkyl halides is 1. The van der Waals surface area contributed by atoms with E-state index >= 15 is 0 Å². The number of carboxylic acid groups (broad SMARTS) is 1. The zero-order valence-corrected chi connectivity index (χ0v) is 16.9. The molecule has 0 aromatic heterocycles. The molecule has 0 radical (unpaired) electrons. The van der Waals surface area contributed by atoms with Crippen LogP contribution in [0.2, 0.25) is 0 Å². The number of carbonyl (C=O) groups excluding carboxylic acids is 1. The number of ether oxygens (including phenoxy) is 1. The highest BCUT2D eigenvalue weighted by atomic mass is 79.9. The number of aliphatic hydroxyl groups is 2. The van der Waals surface area contributed by atoms with Gasteiger partial charge in [-0.05, 0) is 25.0 Å². The Bertz CT molecular complexity index is 644. The van der Waals surface area contributed by atoms with E-state index in [9.17, 15) is 9.59 Å². The molecule has 0 spiro atoms. The van der Waals surface area contributed by atoms with Crippen molar-refractivity contribution in [2.45, 2.75) is 38.0 Å². The number of aliphatic hydroxyl groups excluding tert-OH is 2. The van der Waals surface area contributed by atoms with Crippen molar-refractivity contribution in [3.63, 3.8) is 0 Å². The van der Waals surface area contributed by atoms with Crippen molar-refractivity contribution in [1.82, 2.24) is 0 Å². The average molecular weight is 441 g/mol. The van der Waals surface area contributed by atoms with Crippen LogP contribution < -0.4 is 0 Å². The van der Waals surface area contributed by atoms with Gasteiger partial charge in [-0.2, -0.15) is 0 Å². The Kier molecular flexibility index (Phi) is 13.7. The molecule has 0 saturated carbocycles. The smallest absolute Gasteiger partial charge is 0.334 e. The molecule has 7 heteroatoms. The molecule has 0 aliphatic rings. The van der Waals surface area contributed by atoms with Crippen molar-refractivity contribution >= 4 is 27.9 Å². The number of rotatable bonds is 5. The van der Waals surface area contributed by atoms with Gasteiger partial charge < -0.3 is 20.1 Å². The average Bonchev–Trinajstić information content (AvgIpc) is 2.68. The fraction of sp³-hybridized carbons (Fsp3) is 0.300. The molecule has 2 aromatic carbocycles. The van der Waals surface area contributed by atoms with Crippen LogP contribution in [0.4, 0.5) is 0 Å². The summed E-state index contributed by atoms with van der Waals surface area (Å²) >= 11 is 3.36. The molecule has 0 amide bonds. The predicted molar refractivity (Wildman–Crippen MR) is 106 cm³/mol. The Morgan fingerprint density at radius 3 is 1.59 bits per heavy atom. The van der Waals surface area contributed by atoms with E-state index in [2.05, 4.69) is 28.1 Å². The first-order valence-corrected chi connectivity index (χ1v) is 9.29. The second-order valence-corrected chi connectivity index (χ2v) is 5.96. The molecule has 0 saturated heterocycles. The highest BCUT2D eigenvalue weighted by Gasteiger charge is 2.09. The normalized spacial score (nSPS) is 11.6. The summed E-state index contributed by atoms with van der Waals surface area (Å²) in [6.45, 7) is 2.79. The summed E-state index contributed by atoms with van der Waals surface area (Å²) in [6, 6.07) is 19.6. The molecule has 2 aromatic rings. The summed E-state index contributed by atoms with van der Waals surface area (Å²) in [6.07, 6.45) is -2.28. The van der Waals surface area contributed by atoms with Gasteiger partial charge in [-0.25, -0.2) is 9.59 Å². The molecule has 3 N–H and O–H groups in total. The summed E-state index contributed by atoms with van der Waals surface area (Å²) in [5.74, 6) is -1.78. The second-order valence-electron chi connectivity index (χ2n) is 5.40. The van der Waals surface area contributed by atoms with Gasteiger partial charge in [0.1, 0.15) is 18.8 Å². The number of carbonyl (C=O) groups is 2. The maximum atomic E-state index is 10.8. The quantitative estimate of drug-likeness (QED) is 0.487. The van der Waals surface area contributed by atoms with E-state index in [1.54, 1.807) is 0 Å². The Morgan fingerprint density at radius 2 is 1.30 bits per heavy atom. The number of aliphatic carboxylic acids is 1. The molecule has 0 heterocycles. The molecule has 148 valence electrons. The lowest BCUT2D eigenvalue weighted by atomic mass is 10.2. The van der Waals surface area contributed by atoms with E-state index in [1.165, 1.54) is 19.4 Å². The number of hydrogen-bond acceptors (Lipinski definition) is 5. The van der Waals surface area contributed by atoms with Crippen molar-refractivity contribution in [2.24, 2.45) is 0 Å². The minimum Gasteiger partial charge on any atom is -0.479 e. The third-order valence-electron chi connectivity index (χ3n) is 2.92. The first-order valence-electron chi connectivity index (χ1n) is 8.17. The molecule has 0 fully saturated rings. The first-order chi connectivity index (χ1) is 12.8. The van der Waals surface area contributed by atoms with Gasteiger partial charge in [0.05, 0.1) is 0 Å². The molecule has 0 aliphatic heterocycles. The van der Waals surface area contributed by atoms with Crippen LogP contribution in [0.25, 0.3) is 0 Å². The minimum atomic E-state index is -1.23. The third kappa shape index (κ3) is 13.6. The third-order valence-corrected chi connectivity index (χ3v) is 3.57. The van der Waals surface area contributed by atoms with Crippen molar-refractivity contribution in [3.05, 3.63) is 71.8 Å². The lowest BCUT2D eigenvalue weighted by molar-refractivity contribution is -0.153. The van der Waals surface area contributed by atoms with Gasteiger partial charge in [0, 0.05) is 5.33 Å². The minimum absolute atomic E-state index is 0.213. The Balaban J connectivity index is 0.000000413. The van der Waals surface area contributed by atoms with Gasteiger partial charge in [0.15, 0.2) is 0 Å². The molecule has 6 nitrogen and oxygen atoms in total. The van der Waals surface area contributed by atoms with Crippen molar-refractivity contribution in [3.8, 4) is 0 Å². The maximum Gasteiger partial charge on any atom is 0.334 e. The van der Waals surface area contributed by atoms with E-state index in [0.717, 1.165) is 10.9 Å². The van der Waals surface area contributed by atoms with E-state index in [0.29, 0.717) is 0 Å². The number of halogens is 1. The van der Waals surface area contributed by atoms with E-state index in [4.69, 9.17) is 20.1 Å². The number of benzene rings is 2. The highest BCUT2D eigenvalue weighted by Crippen LogP contribution is 2.02. The van der Waals surface area contributed by atoms with Crippen molar-refractivity contribution in [1.29, 1.82) is 0 Å². The monoisotopic (exact) mass is 440 g/mol. The fourth-order valence-corrected chi connectivity index (χ4v) is 1.79. The van der Waals surface area contributed by atoms with E-state index in [-0.39, 0.29) is 6.61 Å². The highest BCUT2D eigenvalue weighted by molar-refractivity contribution is 9.08. The first kappa shape index (κ1) is 24.8. The van der Waals surface area contributed by atoms with Crippen LogP contribution in [0.1, 0.15) is 25.0 Å². The van der Waals surface area contributed by atoms with Crippen molar-refractivity contribution < 1.29 is 29.6 Å². The zero-order valence-electron chi connectivity index (χ0n) is 15.3.